The van der Waals surface area contributed by atoms with Gasteiger partial charge < -0.3 is 26.6 Å². The number of benzene rings is 1. The van der Waals surface area contributed by atoms with Crippen LogP contribution in [0, 0.1) is 0 Å². The van der Waals surface area contributed by atoms with Gasteiger partial charge in [-0.25, -0.2) is 4.79 Å². The van der Waals surface area contributed by atoms with E-state index in [1.54, 1.807) is 31.4 Å². The minimum absolute atomic E-state index is 0.0514. The second-order valence-corrected chi connectivity index (χ2v) is 5.93. The average molecular weight is 413 g/mol. The largest absolute Gasteiger partial charge is 0.496 e. The molecule has 0 spiro atoms. The fourth-order valence-electron chi connectivity index (χ4n) is 1.94. The first-order valence-electron chi connectivity index (χ1n) is 7.43. The third-order valence-electron chi connectivity index (χ3n) is 3.16. The van der Waals surface area contributed by atoms with Crippen molar-refractivity contribution in [3.63, 3.8) is 0 Å². The minimum Gasteiger partial charge on any atom is -0.496 e. The van der Waals surface area contributed by atoms with Gasteiger partial charge in [0.05, 0.1) is 11.6 Å². The van der Waals surface area contributed by atoms with Crippen molar-refractivity contribution in [3.05, 3.63) is 34.3 Å². The van der Waals surface area contributed by atoms with E-state index in [0.29, 0.717) is 18.7 Å². The highest BCUT2D eigenvalue weighted by Crippen LogP contribution is 2.25. The number of hydrogen-bond acceptors (Lipinski definition) is 4. The summed E-state index contributed by atoms with van der Waals surface area (Å²) in [4.78, 5) is 26.9. The predicted molar refractivity (Wildman–Crippen MR) is 99.2 cm³/mol. The van der Waals surface area contributed by atoms with Gasteiger partial charge in [-0.15, -0.1) is 0 Å². The summed E-state index contributed by atoms with van der Waals surface area (Å²) in [6, 6.07) is 4.31. The molecule has 0 unspecified atom stereocenters. The van der Waals surface area contributed by atoms with Crippen molar-refractivity contribution in [2.45, 2.75) is 18.9 Å². The van der Waals surface area contributed by atoms with Gasteiger partial charge in [0, 0.05) is 12.6 Å². The molecule has 1 atom stereocenters. The number of carbonyl (C=O) groups is 2. The Morgan fingerprint density at radius 3 is 2.72 bits per heavy atom. The van der Waals surface area contributed by atoms with Crippen LogP contribution < -0.4 is 21.5 Å². The molecule has 6 N–H and O–H groups in total. The van der Waals surface area contributed by atoms with Gasteiger partial charge >= 0.3 is 5.97 Å². The van der Waals surface area contributed by atoms with Crippen LogP contribution in [0.2, 0.25) is 0 Å². The van der Waals surface area contributed by atoms with Gasteiger partial charge in [0.25, 0.3) is 0 Å². The molecule has 0 aromatic heterocycles. The molecule has 0 aliphatic carbocycles. The topological polar surface area (TPSA) is 140 Å². The first kappa shape index (κ1) is 20.5. The molecule has 0 heterocycles. The molecular weight excluding hydrogens is 392 g/mol. The number of nitrogens with two attached hydrogens (primary N) is 2. The van der Waals surface area contributed by atoms with Gasteiger partial charge in [-0.1, -0.05) is 6.07 Å². The number of ether oxygens (including phenoxy) is 1. The first-order chi connectivity index (χ1) is 11.8. The summed E-state index contributed by atoms with van der Waals surface area (Å²) in [7, 11) is 1.56. The van der Waals surface area contributed by atoms with E-state index in [1.807, 2.05) is 0 Å². The van der Waals surface area contributed by atoms with Crippen molar-refractivity contribution >= 4 is 39.8 Å². The van der Waals surface area contributed by atoms with Crippen molar-refractivity contribution in [1.29, 1.82) is 0 Å². The third kappa shape index (κ3) is 7.71. The second kappa shape index (κ2) is 10.3. The number of amides is 1. The fourth-order valence-corrected chi connectivity index (χ4v) is 2.50. The zero-order valence-electron chi connectivity index (χ0n) is 13.7. The molecule has 0 aliphatic rings. The van der Waals surface area contributed by atoms with E-state index in [0.717, 1.165) is 10.0 Å². The summed E-state index contributed by atoms with van der Waals surface area (Å²) >= 11 is 3.35. The molecule has 1 aromatic carbocycles. The second-order valence-electron chi connectivity index (χ2n) is 5.08. The molecule has 1 rings (SSSR count). The van der Waals surface area contributed by atoms with E-state index in [1.165, 1.54) is 6.08 Å². The van der Waals surface area contributed by atoms with E-state index < -0.39 is 17.9 Å². The van der Waals surface area contributed by atoms with E-state index in [9.17, 15) is 9.59 Å². The normalized spacial score (nSPS) is 11.8. The van der Waals surface area contributed by atoms with Crippen LogP contribution in [-0.4, -0.2) is 42.6 Å². The molecule has 8 nitrogen and oxygen atoms in total. The minimum atomic E-state index is -1.11. The van der Waals surface area contributed by atoms with Crippen LogP contribution >= 0.6 is 15.9 Å². The number of hydrogen-bond donors (Lipinski definition) is 4. The molecule has 1 aromatic rings. The number of aliphatic carboxylic acids is 1. The number of guanidine groups is 1. The maximum Gasteiger partial charge on any atom is 0.326 e. The van der Waals surface area contributed by atoms with Gasteiger partial charge in [0.1, 0.15) is 11.8 Å². The quantitative estimate of drug-likeness (QED) is 0.207. The Bertz CT molecular complexity index is 672. The van der Waals surface area contributed by atoms with Crippen molar-refractivity contribution in [1.82, 2.24) is 5.32 Å². The van der Waals surface area contributed by atoms with Crippen molar-refractivity contribution in [3.8, 4) is 5.75 Å². The van der Waals surface area contributed by atoms with Gasteiger partial charge in [-0.05, 0) is 52.5 Å². The van der Waals surface area contributed by atoms with E-state index in [2.05, 4.69) is 26.2 Å². The van der Waals surface area contributed by atoms with Crippen LogP contribution in [0.1, 0.15) is 18.4 Å². The summed E-state index contributed by atoms with van der Waals surface area (Å²) < 4.78 is 5.88. The number of carboxylic acid groups (broad SMARTS) is 1. The maximum absolute atomic E-state index is 11.9. The zero-order chi connectivity index (χ0) is 18.8. The number of aliphatic imine (C=N–C) groups is 1. The van der Waals surface area contributed by atoms with Gasteiger partial charge in [0.15, 0.2) is 5.96 Å². The molecule has 0 saturated heterocycles. The van der Waals surface area contributed by atoms with E-state index >= 15 is 0 Å². The molecular formula is C16H21BrN4O4. The van der Waals surface area contributed by atoms with Crippen molar-refractivity contribution in [2.75, 3.05) is 13.7 Å². The fraction of sp³-hybridized carbons (Fsp3) is 0.312. The monoisotopic (exact) mass is 412 g/mol. The summed E-state index contributed by atoms with van der Waals surface area (Å²) in [5.74, 6) is -0.988. The maximum atomic E-state index is 11.9. The van der Waals surface area contributed by atoms with Crippen molar-refractivity contribution in [2.24, 2.45) is 16.5 Å². The third-order valence-corrected chi connectivity index (χ3v) is 3.78. The Morgan fingerprint density at radius 1 is 1.44 bits per heavy atom. The van der Waals surface area contributed by atoms with Crippen LogP contribution in [0.4, 0.5) is 0 Å². The number of rotatable bonds is 9. The molecule has 136 valence electrons. The SMILES string of the molecule is COc1ccc(C=CC(=O)N[C@H](CCCN=C(N)N)C(=O)O)cc1Br. The number of nitrogens with one attached hydrogen (secondary N) is 1. The molecule has 0 radical (unpaired) electrons. The van der Waals surface area contributed by atoms with Crippen molar-refractivity contribution < 1.29 is 19.4 Å². The van der Waals surface area contributed by atoms with Gasteiger partial charge in [-0.2, -0.15) is 0 Å². The Kier molecular flexibility index (Phi) is 8.48. The lowest BCUT2D eigenvalue weighted by atomic mass is 10.1. The molecule has 0 bridgehead atoms. The Balaban J connectivity index is 2.60. The van der Waals surface area contributed by atoms with Crippen LogP contribution in [0.5, 0.6) is 5.75 Å². The number of nitrogens with zero attached hydrogens (tertiary/aromatic N) is 1. The molecule has 25 heavy (non-hydrogen) atoms. The number of halogens is 1. The van der Waals surface area contributed by atoms with E-state index in [-0.39, 0.29) is 12.4 Å². The number of methoxy groups -OCH3 is 1. The smallest absolute Gasteiger partial charge is 0.326 e. The Labute approximate surface area is 154 Å². The highest BCUT2D eigenvalue weighted by molar-refractivity contribution is 9.10. The average Bonchev–Trinajstić information content (AvgIpc) is 2.55. The molecule has 0 saturated carbocycles. The Hall–Kier alpha value is -2.55. The lowest BCUT2D eigenvalue weighted by Crippen LogP contribution is -2.40. The summed E-state index contributed by atoms with van der Waals surface area (Å²) in [6.45, 7) is 0.303. The van der Waals surface area contributed by atoms with E-state index in [4.69, 9.17) is 21.3 Å². The summed E-state index contributed by atoms with van der Waals surface area (Å²) in [5.41, 5.74) is 11.2. The molecule has 0 fully saturated rings. The van der Waals surface area contributed by atoms with Crippen LogP contribution in [0.15, 0.2) is 33.7 Å². The lowest BCUT2D eigenvalue weighted by Gasteiger charge is -2.12. The molecule has 0 aliphatic heterocycles. The Morgan fingerprint density at radius 2 is 2.16 bits per heavy atom. The standard InChI is InChI=1S/C16H21BrN4O4/c1-25-13-6-4-10(9-11(13)17)5-7-14(22)21-12(15(23)24)3-2-8-20-16(18)19/h4-7,9,12H,2-3,8H2,1H3,(H,21,22)(H,23,24)(H4,18,19,20)/t12-/m1/s1. The van der Waals surface area contributed by atoms with Gasteiger partial charge in [-0.3, -0.25) is 9.79 Å². The molecule has 9 heteroatoms. The highest BCUT2D eigenvalue weighted by atomic mass is 79.9. The summed E-state index contributed by atoms with van der Waals surface area (Å²) in [5, 5.41) is 11.6. The predicted octanol–water partition coefficient (Wildman–Crippen LogP) is 1.09. The summed E-state index contributed by atoms with van der Waals surface area (Å²) in [6.07, 6.45) is 3.52. The van der Waals surface area contributed by atoms with Crippen LogP contribution in [-0.2, 0) is 9.59 Å². The number of carbonyl (C=O) groups excluding carboxylic acids is 1. The molecule has 1 amide bonds. The number of carboxylic acids is 1. The zero-order valence-corrected chi connectivity index (χ0v) is 15.3. The lowest BCUT2D eigenvalue weighted by molar-refractivity contribution is -0.141. The van der Waals surface area contributed by atoms with Crippen LogP contribution in [0.25, 0.3) is 6.08 Å². The van der Waals surface area contributed by atoms with Gasteiger partial charge in [0.2, 0.25) is 5.91 Å². The van der Waals surface area contributed by atoms with Crippen LogP contribution in [0.3, 0.4) is 0 Å². The highest BCUT2D eigenvalue weighted by Gasteiger charge is 2.18. The first-order valence-corrected chi connectivity index (χ1v) is 8.23.